The number of hydrogen-bond acceptors (Lipinski definition) is 21. The first-order chi connectivity index (χ1) is 52.2. The average Bonchev–Trinajstić information content (AvgIpc) is 1.62. The second-order valence-electron chi connectivity index (χ2n) is 24.8. The summed E-state index contributed by atoms with van der Waals surface area (Å²) in [4.78, 5) is 155. The summed E-state index contributed by atoms with van der Waals surface area (Å²) in [6, 6.07) is 34.0. The van der Waals surface area contributed by atoms with Crippen LogP contribution in [0.3, 0.4) is 0 Å². The maximum atomic E-state index is 13.2. The van der Waals surface area contributed by atoms with Crippen molar-refractivity contribution < 1.29 is 77.4 Å². The van der Waals surface area contributed by atoms with Crippen LogP contribution < -0.4 is 52.3 Å². The lowest BCUT2D eigenvalue weighted by Gasteiger charge is -2.27. The van der Waals surface area contributed by atoms with Gasteiger partial charge in [0, 0.05) is 90.8 Å². The number of rotatable bonds is 29. The first kappa shape index (κ1) is 78.6. The van der Waals surface area contributed by atoms with Gasteiger partial charge >= 0.3 is 12.1 Å². The van der Waals surface area contributed by atoms with Crippen molar-refractivity contribution in [1.29, 1.82) is 0 Å². The van der Waals surface area contributed by atoms with Crippen molar-refractivity contribution in [3.63, 3.8) is 0 Å². The van der Waals surface area contributed by atoms with Crippen molar-refractivity contribution >= 4 is 93.9 Å². The van der Waals surface area contributed by atoms with E-state index < -0.39 is 71.2 Å². The Morgan fingerprint density at radius 1 is 0.602 bits per heavy atom. The predicted molar refractivity (Wildman–Crippen MR) is 388 cm³/mol. The molecular formula is C74H78N18O16. The molecule has 0 aliphatic carbocycles. The number of fused-ring (bicyclic) bond motifs is 2. The molecule has 4 aliphatic rings. The van der Waals surface area contributed by atoms with Gasteiger partial charge in [0.05, 0.1) is 35.0 Å². The number of benzene rings is 6. The molecule has 2 unspecified atom stereocenters. The van der Waals surface area contributed by atoms with Crippen molar-refractivity contribution in [1.82, 2.24) is 56.2 Å². The number of carbonyl (C=O) groups is 12. The highest BCUT2D eigenvalue weighted by molar-refractivity contribution is 6.25. The van der Waals surface area contributed by atoms with Crippen LogP contribution in [0.15, 0.2) is 145 Å². The van der Waals surface area contributed by atoms with Crippen LogP contribution in [-0.4, -0.2) is 155 Å². The fraction of sp³-hybridized carbons (Fsp3) is 0.297. The molecule has 108 heavy (non-hydrogen) atoms. The number of nitrogens with zero attached hydrogens (tertiary/aromatic N) is 10. The van der Waals surface area contributed by atoms with Crippen LogP contribution in [0.25, 0.3) is 10.4 Å². The van der Waals surface area contributed by atoms with Gasteiger partial charge in [0.1, 0.15) is 29.3 Å². The van der Waals surface area contributed by atoms with Gasteiger partial charge in [-0.25, -0.2) is 25.2 Å². The Labute approximate surface area is 618 Å². The fourth-order valence-corrected chi connectivity index (χ4v) is 11.5. The smallest absolute Gasteiger partial charge is 0.322 e. The zero-order valence-corrected chi connectivity index (χ0v) is 58.8. The number of imide groups is 4. The van der Waals surface area contributed by atoms with E-state index in [1.165, 1.54) is 10.7 Å². The SMILES string of the molecule is C#CCCCNc1ccc2c(c1)C(=O)N(C1CCC(=O)NC1=O)C2=O.CCCCN(Cc1ccc(C(=O)NO)cc1)C(=O)Nc1ccc(OCN=[N+]=[N-])cc1.CCCCN(Cc1ccc(C(=O)NO)cc1)C(=O)Nc1ccc(OCn2cc(CNc3ccc4c(c3)C(=O)N(C3CCC(=O)NC3=O)C4=O)nn2)cc1. The number of ether oxygens (including phenoxy) is 2. The lowest BCUT2D eigenvalue weighted by atomic mass is 10.0. The lowest BCUT2D eigenvalue weighted by Crippen LogP contribution is -2.54. The number of nitrogens with one attached hydrogen (secondary N) is 8. The Bertz CT molecular complexity index is 4580. The minimum absolute atomic E-state index is 0.0454. The zero-order valence-electron chi connectivity index (χ0n) is 58.8. The van der Waals surface area contributed by atoms with E-state index in [9.17, 15) is 57.5 Å². The molecular weight excluding hydrogens is 1400 g/mol. The van der Waals surface area contributed by atoms with E-state index in [-0.39, 0.29) is 80.0 Å². The van der Waals surface area contributed by atoms with Crippen LogP contribution in [-0.2, 0) is 45.5 Å². The lowest BCUT2D eigenvalue weighted by molar-refractivity contribution is -0.137. The highest BCUT2D eigenvalue weighted by Gasteiger charge is 2.46. The van der Waals surface area contributed by atoms with E-state index in [1.54, 1.807) is 154 Å². The normalized spacial score (nSPS) is 14.7. The second kappa shape index (κ2) is 38.3. The molecule has 34 nitrogen and oxygen atoms in total. The molecule has 5 heterocycles. The highest BCUT2D eigenvalue weighted by atomic mass is 16.5. The standard InChI is InChI=1S/C36H37N9O8.C20H24N6O4.C18H17N3O4/c1-2-3-16-43(19-22-4-6-23(7-5-22)32(47)41-52)36(51)38-24-8-11-27(12-9-24)53-21-44-20-26(40-42-44)18-37-25-10-13-28-29(17-25)35(50)45(34(28)49)30-14-15-31(46)39-33(30)48;1-2-3-12-26(13-15-4-6-16(7-5-15)19(27)24-29)20(28)23-17-8-10-18(11-9-17)30-14-22-25-21;1-2-3-4-9-19-11-5-6-12-13(10-11)18(25)21(17(12)24)14-7-8-15(22)20-16(14)23/h4-13,17,20,30,37,52H,2-3,14-16,18-19,21H2,1H3,(H,38,51)(H,41,47)(H,39,46,48);4-11,29H,2-3,12-14H2,1H3,(H,23,28)(H,24,27);1,5-6,10,14,19H,3-4,7-9H2,(H,20,22,23). The molecule has 2 fully saturated rings. The summed E-state index contributed by atoms with van der Waals surface area (Å²) in [5.74, 6) is -1.87. The number of unbranched alkanes of at least 4 members (excludes halogenated alkanes) is 3. The van der Waals surface area contributed by atoms with E-state index in [2.05, 4.69) is 58.2 Å². The molecule has 0 bridgehead atoms. The third-order valence-corrected chi connectivity index (χ3v) is 17.2. The van der Waals surface area contributed by atoms with Crippen molar-refractivity contribution in [2.75, 3.05) is 47.6 Å². The summed E-state index contributed by atoms with van der Waals surface area (Å²) in [5.41, 5.74) is 17.7. The molecule has 11 rings (SSSR count). The van der Waals surface area contributed by atoms with Gasteiger partial charge in [-0.1, -0.05) is 61.3 Å². The third kappa shape index (κ3) is 20.9. The van der Waals surface area contributed by atoms with Crippen molar-refractivity contribution in [2.45, 2.75) is 117 Å². The molecule has 560 valence electrons. The Balaban J connectivity index is 0.000000206. The molecule has 10 N–H and O–H groups in total. The minimum Gasteiger partial charge on any atom is -0.488 e. The minimum atomic E-state index is -1.03. The summed E-state index contributed by atoms with van der Waals surface area (Å²) in [6.07, 6.45) is 12.2. The van der Waals surface area contributed by atoms with Crippen LogP contribution >= 0.6 is 0 Å². The zero-order chi connectivity index (χ0) is 77.2. The van der Waals surface area contributed by atoms with E-state index in [0.717, 1.165) is 53.0 Å². The molecule has 0 spiro atoms. The number of hydroxylamine groups is 2. The number of carbonyl (C=O) groups excluding carboxylic acids is 12. The number of piperidine rings is 2. The van der Waals surface area contributed by atoms with Crippen molar-refractivity contribution in [3.05, 3.63) is 200 Å². The summed E-state index contributed by atoms with van der Waals surface area (Å²) in [7, 11) is 0. The molecule has 0 saturated carbocycles. The van der Waals surface area contributed by atoms with Crippen LogP contribution in [0.4, 0.5) is 32.3 Å². The number of amides is 14. The molecule has 2 saturated heterocycles. The summed E-state index contributed by atoms with van der Waals surface area (Å²) < 4.78 is 12.6. The van der Waals surface area contributed by atoms with Crippen LogP contribution in [0.5, 0.6) is 11.5 Å². The van der Waals surface area contributed by atoms with E-state index >= 15 is 0 Å². The molecule has 2 atom stereocenters. The largest absolute Gasteiger partial charge is 0.488 e. The molecule has 4 aliphatic heterocycles. The van der Waals surface area contributed by atoms with Crippen molar-refractivity contribution in [2.24, 2.45) is 5.11 Å². The van der Waals surface area contributed by atoms with Crippen LogP contribution in [0.1, 0.15) is 157 Å². The molecule has 0 radical (unpaired) electrons. The first-order valence-electron chi connectivity index (χ1n) is 34.4. The number of anilines is 4. The summed E-state index contributed by atoms with van der Waals surface area (Å²) >= 11 is 0. The molecule has 34 heteroatoms. The Hall–Kier alpha value is -13.5. The molecule has 6 aromatic carbocycles. The van der Waals surface area contributed by atoms with E-state index in [0.29, 0.717) is 90.2 Å². The Morgan fingerprint density at radius 2 is 1.05 bits per heavy atom. The summed E-state index contributed by atoms with van der Waals surface area (Å²) in [6.45, 7) is 6.79. The topological polar surface area (TPSA) is 452 Å². The van der Waals surface area contributed by atoms with Crippen LogP contribution in [0.2, 0.25) is 0 Å². The van der Waals surface area contributed by atoms with Gasteiger partial charge in [0.15, 0.2) is 13.5 Å². The maximum Gasteiger partial charge on any atom is 0.322 e. The fourth-order valence-electron chi connectivity index (χ4n) is 11.5. The summed E-state index contributed by atoms with van der Waals surface area (Å²) in [5, 5.41) is 45.5. The molecule has 7 aromatic rings. The van der Waals surface area contributed by atoms with Gasteiger partial charge in [-0.15, -0.1) is 17.4 Å². The number of urea groups is 2. The number of azide groups is 1. The Morgan fingerprint density at radius 3 is 1.48 bits per heavy atom. The highest BCUT2D eigenvalue weighted by Crippen LogP contribution is 2.32. The van der Waals surface area contributed by atoms with Gasteiger partial charge in [-0.3, -0.25) is 78.8 Å². The predicted octanol–water partition coefficient (Wildman–Crippen LogP) is 8.48. The van der Waals surface area contributed by atoms with Crippen LogP contribution in [0, 0.1) is 12.3 Å². The number of hydrogen-bond donors (Lipinski definition) is 10. The van der Waals surface area contributed by atoms with Gasteiger partial charge in [0.25, 0.3) is 35.4 Å². The quantitative estimate of drug-likeness (QED) is 0.00307. The molecule has 14 amide bonds. The second-order valence-corrected chi connectivity index (χ2v) is 24.8. The molecule has 1 aromatic heterocycles. The Kier molecular flexibility index (Phi) is 27.9. The van der Waals surface area contributed by atoms with Gasteiger partial charge in [0.2, 0.25) is 23.6 Å². The number of aromatic nitrogens is 3. The monoisotopic (exact) mass is 1470 g/mol. The van der Waals surface area contributed by atoms with E-state index in [1.807, 2.05) is 13.8 Å². The van der Waals surface area contributed by atoms with Crippen molar-refractivity contribution in [3.8, 4) is 23.8 Å². The average molecular weight is 1480 g/mol. The maximum absolute atomic E-state index is 13.2. The van der Waals surface area contributed by atoms with Gasteiger partial charge in [-0.05, 0) is 158 Å². The number of terminal acetylenes is 1. The van der Waals surface area contributed by atoms with E-state index in [4.69, 9.17) is 31.8 Å². The van der Waals surface area contributed by atoms with Gasteiger partial charge < -0.3 is 40.5 Å². The first-order valence-corrected chi connectivity index (χ1v) is 34.4. The third-order valence-electron chi connectivity index (χ3n) is 17.2. The van der Waals surface area contributed by atoms with Gasteiger partial charge in [-0.2, -0.15) is 0 Å².